The Balaban J connectivity index is 0.000000122. The van der Waals surface area contributed by atoms with Crippen molar-refractivity contribution in [2.75, 3.05) is 13.2 Å². The number of aliphatic carboxylic acids is 1. The summed E-state index contributed by atoms with van der Waals surface area (Å²) in [6, 6.07) is 0. The summed E-state index contributed by atoms with van der Waals surface area (Å²) < 4.78 is 4.72. The molecule has 1 heterocycles. The third-order valence-electron chi connectivity index (χ3n) is 0.577. The van der Waals surface area contributed by atoms with Crippen molar-refractivity contribution in [2.45, 2.75) is 13.3 Å². The lowest BCUT2D eigenvalue weighted by molar-refractivity contribution is -0.134. The summed E-state index contributed by atoms with van der Waals surface area (Å²) in [6.07, 6.45) is 1.28. The molecule has 1 fully saturated rings. The van der Waals surface area contributed by atoms with Crippen LogP contribution in [0.15, 0.2) is 0 Å². The van der Waals surface area contributed by atoms with Crippen molar-refractivity contribution in [3.05, 3.63) is 0 Å². The molecule has 0 atom stereocenters. The summed E-state index contributed by atoms with van der Waals surface area (Å²) >= 11 is 0. The van der Waals surface area contributed by atoms with Crippen LogP contribution >= 0.6 is 0 Å². The Morgan fingerprint density at radius 3 is 1.75 bits per heavy atom. The van der Waals surface area contributed by atoms with Gasteiger partial charge >= 0.3 is 0 Å². The SMILES string of the molecule is C1COC1.CC(=O)O. The van der Waals surface area contributed by atoms with Gasteiger partial charge in [-0.2, -0.15) is 0 Å². The lowest BCUT2D eigenvalue weighted by Gasteiger charge is -2.09. The van der Waals surface area contributed by atoms with Gasteiger partial charge in [-0.3, -0.25) is 4.79 Å². The number of rotatable bonds is 0. The Hall–Kier alpha value is -0.570. The first-order valence-corrected chi connectivity index (χ1v) is 2.51. The van der Waals surface area contributed by atoms with Gasteiger partial charge in [0.05, 0.1) is 0 Å². The minimum atomic E-state index is -0.833. The predicted molar refractivity (Wildman–Crippen MR) is 28.7 cm³/mol. The fraction of sp³-hybridized carbons (Fsp3) is 0.800. The maximum Gasteiger partial charge on any atom is 0.300 e. The summed E-state index contributed by atoms with van der Waals surface area (Å²) in [4.78, 5) is 9.00. The van der Waals surface area contributed by atoms with E-state index < -0.39 is 5.97 Å². The number of hydrogen-bond donors (Lipinski definition) is 1. The lowest BCUT2D eigenvalue weighted by atomic mass is 10.4. The zero-order chi connectivity index (χ0) is 6.41. The molecule has 0 spiro atoms. The van der Waals surface area contributed by atoms with Gasteiger partial charge in [0.2, 0.25) is 0 Å². The highest BCUT2D eigenvalue weighted by Gasteiger charge is 1.94. The van der Waals surface area contributed by atoms with E-state index in [-0.39, 0.29) is 0 Å². The van der Waals surface area contributed by atoms with Gasteiger partial charge in [0, 0.05) is 20.1 Å². The second-order valence-electron chi connectivity index (χ2n) is 1.48. The van der Waals surface area contributed by atoms with Crippen molar-refractivity contribution in [3.8, 4) is 0 Å². The molecule has 48 valence electrons. The summed E-state index contributed by atoms with van der Waals surface area (Å²) in [5.41, 5.74) is 0. The molecule has 0 radical (unpaired) electrons. The molecule has 1 rings (SSSR count). The third kappa shape index (κ3) is 9.06. The maximum absolute atomic E-state index is 9.00. The third-order valence-corrected chi connectivity index (χ3v) is 0.577. The smallest absolute Gasteiger partial charge is 0.300 e. The van der Waals surface area contributed by atoms with Crippen LogP contribution < -0.4 is 0 Å². The number of ether oxygens (including phenoxy) is 1. The molecule has 8 heavy (non-hydrogen) atoms. The minimum Gasteiger partial charge on any atom is -0.481 e. The van der Waals surface area contributed by atoms with Crippen LogP contribution in [0.5, 0.6) is 0 Å². The van der Waals surface area contributed by atoms with E-state index in [2.05, 4.69) is 0 Å². The van der Waals surface area contributed by atoms with Crippen LogP contribution in [0.2, 0.25) is 0 Å². The summed E-state index contributed by atoms with van der Waals surface area (Å²) in [5.74, 6) is -0.833. The largest absolute Gasteiger partial charge is 0.481 e. The second kappa shape index (κ2) is 4.59. The highest BCUT2D eigenvalue weighted by Crippen LogP contribution is 1.93. The lowest BCUT2D eigenvalue weighted by Crippen LogP contribution is -2.09. The van der Waals surface area contributed by atoms with Gasteiger partial charge in [-0.15, -0.1) is 0 Å². The molecule has 0 unspecified atom stereocenters. The minimum absolute atomic E-state index is 0.833. The molecule has 0 aromatic heterocycles. The highest BCUT2D eigenvalue weighted by molar-refractivity contribution is 5.62. The fourth-order valence-electron chi connectivity index (χ4n) is 0.144. The molecule has 0 saturated carbocycles. The van der Waals surface area contributed by atoms with Gasteiger partial charge in [0.15, 0.2) is 0 Å². The van der Waals surface area contributed by atoms with Crippen LogP contribution in [0.4, 0.5) is 0 Å². The van der Waals surface area contributed by atoms with E-state index in [1.54, 1.807) is 0 Å². The Kier molecular flexibility index (Phi) is 4.26. The van der Waals surface area contributed by atoms with E-state index >= 15 is 0 Å². The first-order chi connectivity index (χ1) is 3.73. The molecule has 1 aliphatic heterocycles. The maximum atomic E-state index is 9.00. The van der Waals surface area contributed by atoms with E-state index in [9.17, 15) is 0 Å². The van der Waals surface area contributed by atoms with Crippen LogP contribution in [-0.4, -0.2) is 24.3 Å². The topological polar surface area (TPSA) is 46.5 Å². The second-order valence-corrected chi connectivity index (χ2v) is 1.48. The van der Waals surface area contributed by atoms with E-state index in [4.69, 9.17) is 14.6 Å². The zero-order valence-corrected chi connectivity index (χ0v) is 4.89. The van der Waals surface area contributed by atoms with E-state index in [0.29, 0.717) is 0 Å². The number of carbonyl (C=O) groups is 1. The quantitative estimate of drug-likeness (QED) is 0.503. The van der Waals surface area contributed by atoms with Gasteiger partial charge in [0.25, 0.3) is 5.97 Å². The van der Waals surface area contributed by atoms with E-state index in [1.807, 2.05) is 0 Å². The van der Waals surface area contributed by atoms with Gasteiger partial charge in [-0.25, -0.2) is 0 Å². The number of carboxylic acids is 1. The average Bonchev–Trinajstić information content (AvgIpc) is 1.19. The standard InChI is InChI=1S/C3H6O.C2H4O2/c1-2-4-3-1;1-2(3)4/h1-3H2;1H3,(H,3,4). The van der Waals surface area contributed by atoms with Gasteiger partial charge in [-0.1, -0.05) is 0 Å². The fourth-order valence-corrected chi connectivity index (χ4v) is 0.144. The van der Waals surface area contributed by atoms with Crippen molar-refractivity contribution < 1.29 is 14.6 Å². The molecular formula is C5H10O3. The molecule has 1 saturated heterocycles. The van der Waals surface area contributed by atoms with Crippen LogP contribution in [0.1, 0.15) is 13.3 Å². The molecule has 1 aliphatic rings. The van der Waals surface area contributed by atoms with Crippen LogP contribution in [-0.2, 0) is 9.53 Å². The van der Waals surface area contributed by atoms with Crippen LogP contribution in [0, 0.1) is 0 Å². The Bertz CT molecular complexity index is 58.1. The van der Waals surface area contributed by atoms with Crippen molar-refractivity contribution >= 4 is 5.97 Å². The molecule has 0 aliphatic carbocycles. The van der Waals surface area contributed by atoms with Crippen LogP contribution in [0.3, 0.4) is 0 Å². The monoisotopic (exact) mass is 118 g/mol. The molecule has 0 bridgehead atoms. The van der Waals surface area contributed by atoms with Gasteiger partial charge < -0.3 is 9.84 Å². The number of hydrogen-bond acceptors (Lipinski definition) is 2. The van der Waals surface area contributed by atoms with Gasteiger partial charge in [0.1, 0.15) is 0 Å². The zero-order valence-electron chi connectivity index (χ0n) is 4.89. The molecular weight excluding hydrogens is 108 g/mol. The average molecular weight is 118 g/mol. The molecule has 0 amide bonds. The molecule has 1 N–H and O–H groups in total. The van der Waals surface area contributed by atoms with E-state index in [1.165, 1.54) is 6.42 Å². The van der Waals surface area contributed by atoms with E-state index in [0.717, 1.165) is 20.1 Å². The molecule has 3 nitrogen and oxygen atoms in total. The molecule has 3 heteroatoms. The predicted octanol–water partition coefficient (Wildman–Crippen LogP) is 0.498. The Morgan fingerprint density at radius 1 is 1.62 bits per heavy atom. The summed E-state index contributed by atoms with van der Waals surface area (Å²) in [7, 11) is 0. The Labute approximate surface area is 48.3 Å². The first-order valence-electron chi connectivity index (χ1n) is 2.51. The van der Waals surface area contributed by atoms with Gasteiger partial charge in [-0.05, 0) is 6.42 Å². The summed E-state index contributed by atoms with van der Waals surface area (Å²) in [6.45, 7) is 3.08. The molecule has 0 aromatic rings. The molecule has 0 aromatic carbocycles. The first kappa shape index (κ1) is 7.43. The van der Waals surface area contributed by atoms with Crippen molar-refractivity contribution in [3.63, 3.8) is 0 Å². The summed E-state index contributed by atoms with van der Waals surface area (Å²) in [5, 5.41) is 7.42. The van der Waals surface area contributed by atoms with Crippen molar-refractivity contribution in [2.24, 2.45) is 0 Å². The van der Waals surface area contributed by atoms with Crippen molar-refractivity contribution in [1.29, 1.82) is 0 Å². The highest BCUT2D eigenvalue weighted by atomic mass is 16.5. The Morgan fingerprint density at radius 2 is 1.75 bits per heavy atom. The normalized spacial score (nSPS) is 15.1. The van der Waals surface area contributed by atoms with Crippen molar-refractivity contribution in [1.82, 2.24) is 0 Å². The van der Waals surface area contributed by atoms with Crippen LogP contribution in [0.25, 0.3) is 0 Å². The number of carboxylic acid groups (broad SMARTS) is 1.